The van der Waals surface area contributed by atoms with Gasteiger partial charge in [-0.3, -0.25) is 4.98 Å². The lowest BCUT2D eigenvalue weighted by atomic mass is 10.2. The molecule has 2 aromatic heterocycles. The van der Waals surface area contributed by atoms with E-state index in [1.165, 1.54) is 16.4 Å². The van der Waals surface area contributed by atoms with Crippen LogP contribution in [-0.2, 0) is 7.05 Å². The van der Waals surface area contributed by atoms with Crippen LogP contribution in [0.1, 0.15) is 0 Å². The Kier molecular flexibility index (Phi) is 1.51. The van der Waals surface area contributed by atoms with Crippen LogP contribution >= 0.6 is 0 Å². The van der Waals surface area contributed by atoms with E-state index in [4.69, 9.17) is 5.73 Å². The number of hydrogen-bond acceptors (Lipinski definition) is 2. The number of nitrogens with zero attached hydrogens (tertiary/aromatic N) is 2. The molecule has 0 aliphatic rings. The maximum atomic E-state index is 5.79. The minimum atomic E-state index is 0.791. The number of anilines is 1. The number of hydrogen-bond donors (Lipinski definition) is 1. The van der Waals surface area contributed by atoms with Crippen molar-refractivity contribution in [2.75, 3.05) is 5.73 Å². The number of rotatable bonds is 0. The SMILES string of the molecule is Cn1c2ccncc2c2cc(N)ccc21. The molecule has 15 heavy (non-hydrogen) atoms. The molecule has 0 radical (unpaired) electrons. The molecule has 74 valence electrons. The minimum Gasteiger partial charge on any atom is -0.399 e. The molecule has 1 aromatic carbocycles. The lowest BCUT2D eigenvalue weighted by Crippen LogP contribution is -1.87. The van der Waals surface area contributed by atoms with Crippen molar-refractivity contribution in [3.05, 3.63) is 36.7 Å². The summed E-state index contributed by atoms with van der Waals surface area (Å²) in [5, 5.41) is 2.32. The molecule has 0 fully saturated rings. The van der Waals surface area contributed by atoms with Crippen molar-refractivity contribution in [1.29, 1.82) is 0 Å². The Hall–Kier alpha value is -2.03. The van der Waals surface area contributed by atoms with Gasteiger partial charge < -0.3 is 10.3 Å². The first-order chi connectivity index (χ1) is 7.27. The van der Waals surface area contributed by atoms with E-state index in [1.807, 2.05) is 36.7 Å². The summed E-state index contributed by atoms with van der Waals surface area (Å²) in [6, 6.07) is 7.99. The predicted molar refractivity (Wildman–Crippen MR) is 62.6 cm³/mol. The first-order valence-corrected chi connectivity index (χ1v) is 4.85. The third-order valence-corrected chi connectivity index (χ3v) is 2.83. The number of aryl methyl sites for hydroxylation is 1. The van der Waals surface area contributed by atoms with Gasteiger partial charge in [-0.25, -0.2) is 0 Å². The fourth-order valence-corrected chi connectivity index (χ4v) is 2.08. The van der Waals surface area contributed by atoms with Gasteiger partial charge in [0.1, 0.15) is 0 Å². The molecular formula is C12H11N3. The summed E-state index contributed by atoms with van der Waals surface area (Å²) in [5.74, 6) is 0. The Labute approximate surface area is 87.1 Å². The average Bonchev–Trinajstić information content (AvgIpc) is 2.54. The van der Waals surface area contributed by atoms with E-state index in [2.05, 4.69) is 16.6 Å². The lowest BCUT2D eigenvalue weighted by molar-refractivity contribution is 1.01. The van der Waals surface area contributed by atoms with Gasteiger partial charge >= 0.3 is 0 Å². The molecule has 0 bridgehead atoms. The van der Waals surface area contributed by atoms with Gasteiger partial charge in [0.15, 0.2) is 0 Å². The molecule has 0 atom stereocenters. The molecule has 2 heterocycles. The highest BCUT2D eigenvalue weighted by Gasteiger charge is 2.07. The highest BCUT2D eigenvalue weighted by atomic mass is 14.9. The van der Waals surface area contributed by atoms with Crippen molar-refractivity contribution < 1.29 is 0 Å². The molecule has 0 aliphatic heterocycles. The maximum Gasteiger partial charge on any atom is 0.0519 e. The largest absolute Gasteiger partial charge is 0.399 e. The van der Waals surface area contributed by atoms with Crippen molar-refractivity contribution >= 4 is 27.5 Å². The second-order valence-corrected chi connectivity index (χ2v) is 3.73. The average molecular weight is 197 g/mol. The molecule has 3 aromatic rings. The zero-order valence-electron chi connectivity index (χ0n) is 8.44. The highest BCUT2D eigenvalue weighted by Crippen LogP contribution is 2.28. The zero-order valence-corrected chi connectivity index (χ0v) is 8.44. The van der Waals surface area contributed by atoms with Crippen LogP contribution in [0.5, 0.6) is 0 Å². The molecule has 0 saturated carbocycles. The standard InChI is InChI=1S/C12H11N3/c1-15-11-3-2-8(13)6-9(11)10-7-14-5-4-12(10)15/h2-7H,13H2,1H3. The summed E-state index contributed by atoms with van der Waals surface area (Å²) in [6.07, 6.45) is 3.70. The van der Waals surface area contributed by atoms with Crippen molar-refractivity contribution in [3.8, 4) is 0 Å². The highest BCUT2D eigenvalue weighted by molar-refractivity contribution is 6.08. The van der Waals surface area contributed by atoms with Crippen LogP contribution in [0.15, 0.2) is 36.7 Å². The minimum absolute atomic E-state index is 0.791. The Bertz CT molecular complexity index is 652. The summed E-state index contributed by atoms with van der Waals surface area (Å²) in [6.45, 7) is 0. The van der Waals surface area contributed by atoms with Gasteiger partial charge in [-0.15, -0.1) is 0 Å². The van der Waals surface area contributed by atoms with E-state index in [0.717, 1.165) is 11.1 Å². The molecule has 0 amide bonds. The van der Waals surface area contributed by atoms with Gasteiger partial charge in [0.05, 0.1) is 5.52 Å². The van der Waals surface area contributed by atoms with E-state index >= 15 is 0 Å². The van der Waals surface area contributed by atoms with Crippen LogP contribution in [0, 0.1) is 0 Å². The third-order valence-electron chi connectivity index (χ3n) is 2.83. The number of fused-ring (bicyclic) bond motifs is 3. The molecular weight excluding hydrogens is 186 g/mol. The first kappa shape index (κ1) is 8.29. The summed E-state index contributed by atoms with van der Waals surface area (Å²) < 4.78 is 2.16. The number of pyridine rings is 1. The van der Waals surface area contributed by atoms with Gasteiger partial charge in [-0.2, -0.15) is 0 Å². The Morgan fingerprint density at radius 3 is 2.80 bits per heavy atom. The Morgan fingerprint density at radius 1 is 1.13 bits per heavy atom. The molecule has 3 nitrogen and oxygen atoms in total. The van der Waals surface area contributed by atoms with Gasteiger partial charge in [0, 0.05) is 41.4 Å². The summed E-state index contributed by atoms with van der Waals surface area (Å²) in [5.41, 5.74) is 8.96. The zero-order chi connectivity index (χ0) is 10.4. The van der Waals surface area contributed by atoms with Crippen LogP contribution in [-0.4, -0.2) is 9.55 Å². The van der Waals surface area contributed by atoms with E-state index in [-0.39, 0.29) is 0 Å². The molecule has 2 N–H and O–H groups in total. The van der Waals surface area contributed by atoms with Gasteiger partial charge in [-0.1, -0.05) is 0 Å². The van der Waals surface area contributed by atoms with Crippen LogP contribution < -0.4 is 5.73 Å². The Morgan fingerprint density at radius 2 is 1.93 bits per heavy atom. The number of aromatic nitrogens is 2. The fraction of sp³-hybridized carbons (Fsp3) is 0.0833. The monoisotopic (exact) mass is 197 g/mol. The normalized spacial score (nSPS) is 11.3. The number of benzene rings is 1. The third kappa shape index (κ3) is 1.03. The molecule has 0 saturated heterocycles. The van der Waals surface area contributed by atoms with Crippen LogP contribution in [0.2, 0.25) is 0 Å². The molecule has 3 rings (SSSR count). The molecule has 0 spiro atoms. The second kappa shape index (κ2) is 2.73. The van der Waals surface area contributed by atoms with Gasteiger partial charge in [0.25, 0.3) is 0 Å². The van der Waals surface area contributed by atoms with Crippen molar-refractivity contribution in [1.82, 2.24) is 9.55 Å². The smallest absolute Gasteiger partial charge is 0.0519 e. The summed E-state index contributed by atoms with van der Waals surface area (Å²) in [7, 11) is 2.06. The molecule has 0 aliphatic carbocycles. The van der Waals surface area contributed by atoms with Crippen molar-refractivity contribution in [3.63, 3.8) is 0 Å². The maximum absolute atomic E-state index is 5.79. The van der Waals surface area contributed by atoms with E-state index in [9.17, 15) is 0 Å². The molecule has 3 heteroatoms. The molecule has 0 unspecified atom stereocenters. The Balaban J connectivity index is 2.64. The topological polar surface area (TPSA) is 43.8 Å². The fourth-order valence-electron chi connectivity index (χ4n) is 2.08. The van der Waals surface area contributed by atoms with E-state index < -0.39 is 0 Å². The lowest BCUT2D eigenvalue weighted by Gasteiger charge is -1.97. The van der Waals surface area contributed by atoms with E-state index in [0.29, 0.717) is 0 Å². The second-order valence-electron chi connectivity index (χ2n) is 3.73. The van der Waals surface area contributed by atoms with E-state index in [1.54, 1.807) is 0 Å². The first-order valence-electron chi connectivity index (χ1n) is 4.85. The summed E-state index contributed by atoms with van der Waals surface area (Å²) >= 11 is 0. The van der Waals surface area contributed by atoms with Crippen molar-refractivity contribution in [2.24, 2.45) is 7.05 Å². The van der Waals surface area contributed by atoms with Crippen molar-refractivity contribution in [2.45, 2.75) is 0 Å². The summed E-state index contributed by atoms with van der Waals surface area (Å²) in [4.78, 5) is 4.15. The number of nitrogen functional groups attached to an aromatic ring is 1. The van der Waals surface area contributed by atoms with Gasteiger partial charge in [-0.05, 0) is 24.3 Å². The quantitative estimate of drug-likeness (QED) is 0.562. The van der Waals surface area contributed by atoms with Crippen LogP contribution in [0.25, 0.3) is 21.8 Å². The van der Waals surface area contributed by atoms with Gasteiger partial charge in [0.2, 0.25) is 0 Å². The number of nitrogens with two attached hydrogens (primary N) is 1. The van der Waals surface area contributed by atoms with Crippen LogP contribution in [0.4, 0.5) is 5.69 Å². The van der Waals surface area contributed by atoms with Crippen LogP contribution in [0.3, 0.4) is 0 Å². The predicted octanol–water partition coefficient (Wildman–Crippen LogP) is 2.31.